The van der Waals surface area contributed by atoms with Gasteiger partial charge in [0.25, 0.3) is 0 Å². The Balaban J connectivity index is 0.00000341. The number of fused-ring (bicyclic) bond motifs is 1. The van der Waals surface area contributed by atoms with Crippen LogP contribution in [0.4, 0.5) is 4.39 Å². The lowest BCUT2D eigenvalue weighted by Crippen LogP contribution is -2.37. The molecule has 0 amide bonds. The number of hydrogen-bond acceptors (Lipinski definition) is 3. The summed E-state index contributed by atoms with van der Waals surface area (Å²) in [6.45, 7) is 1.13. The number of rotatable bonds is 8. The van der Waals surface area contributed by atoms with E-state index in [-0.39, 0.29) is 35.5 Å². The van der Waals surface area contributed by atoms with Gasteiger partial charge < -0.3 is 15.6 Å². The van der Waals surface area contributed by atoms with E-state index in [4.69, 9.17) is 0 Å². The Labute approximate surface area is 199 Å². The summed E-state index contributed by atoms with van der Waals surface area (Å²) >= 11 is 0. The maximum Gasteiger partial charge on any atom is 0.215 e. The van der Waals surface area contributed by atoms with Gasteiger partial charge >= 0.3 is 0 Å². The number of benzene rings is 2. The van der Waals surface area contributed by atoms with Crippen molar-refractivity contribution in [2.45, 2.75) is 18.7 Å². The molecule has 0 saturated carbocycles. The van der Waals surface area contributed by atoms with Crippen LogP contribution in [0.2, 0.25) is 0 Å². The van der Waals surface area contributed by atoms with Crippen LogP contribution in [0.1, 0.15) is 16.7 Å². The van der Waals surface area contributed by atoms with Gasteiger partial charge in [0.2, 0.25) is 10.0 Å². The van der Waals surface area contributed by atoms with Crippen molar-refractivity contribution in [1.82, 2.24) is 20.3 Å². The molecule has 0 aliphatic heterocycles. The van der Waals surface area contributed by atoms with E-state index in [9.17, 15) is 12.8 Å². The zero-order valence-corrected chi connectivity index (χ0v) is 20.6. The Hall–Kier alpha value is -2.18. The van der Waals surface area contributed by atoms with E-state index in [2.05, 4.69) is 25.3 Å². The first kappa shape index (κ1) is 25.1. The molecule has 0 spiro atoms. The fourth-order valence-electron chi connectivity index (χ4n) is 3.20. The molecule has 0 saturated heterocycles. The van der Waals surface area contributed by atoms with Crippen molar-refractivity contribution >= 4 is 50.9 Å². The van der Waals surface area contributed by atoms with Crippen LogP contribution in [0, 0.1) is 5.82 Å². The van der Waals surface area contributed by atoms with Crippen molar-refractivity contribution in [2.75, 3.05) is 20.6 Å². The van der Waals surface area contributed by atoms with Crippen LogP contribution < -0.4 is 15.4 Å². The molecule has 3 rings (SSSR count). The van der Waals surface area contributed by atoms with Crippen molar-refractivity contribution in [2.24, 2.45) is 4.99 Å². The van der Waals surface area contributed by atoms with Gasteiger partial charge in [-0.05, 0) is 48.4 Å². The highest BCUT2D eigenvalue weighted by Crippen LogP contribution is 2.19. The summed E-state index contributed by atoms with van der Waals surface area (Å²) in [4.78, 5) is 7.37. The highest BCUT2D eigenvalue weighted by atomic mass is 127. The van der Waals surface area contributed by atoms with Crippen molar-refractivity contribution in [3.63, 3.8) is 0 Å². The van der Waals surface area contributed by atoms with Crippen LogP contribution >= 0.6 is 24.0 Å². The number of sulfonamides is 1. The minimum Gasteiger partial charge on any atom is -0.361 e. The Kier molecular flexibility index (Phi) is 9.26. The Morgan fingerprint density at radius 2 is 1.90 bits per heavy atom. The third-order valence-corrected chi connectivity index (χ3v) is 6.09. The summed E-state index contributed by atoms with van der Waals surface area (Å²) in [7, 11) is -0.217. The van der Waals surface area contributed by atoms with Crippen LogP contribution in [-0.2, 0) is 28.7 Å². The number of halogens is 2. The van der Waals surface area contributed by atoms with Gasteiger partial charge in [0, 0.05) is 37.2 Å². The second-order valence-electron chi connectivity index (χ2n) is 6.89. The lowest BCUT2D eigenvalue weighted by atomic mass is 10.1. The number of aromatic amines is 1. The van der Waals surface area contributed by atoms with Crippen molar-refractivity contribution in [1.29, 1.82) is 0 Å². The van der Waals surface area contributed by atoms with Gasteiger partial charge in [-0.15, -0.1) is 24.0 Å². The van der Waals surface area contributed by atoms with Crippen molar-refractivity contribution in [3.05, 3.63) is 71.2 Å². The maximum atomic E-state index is 13.5. The summed E-state index contributed by atoms with van der Waals surface area (Å²) in [6.07, 6.45) is 2.61. The van der Waals surface area contributed by atoms with Gasteiger partial charge in [0.05, 0.1) is 5.75 Å². The number of H-pyrrole nitrogens is 1. The highest BCUT2D eigenvalue weighted by Gasteiger charge is 2.09. The SMILES string of the molecule is CN=C(NCCc1c[nH]c2ccc(F)cc12)NCc1cccc(CS(=O)(=O)NC)c1.I. The number of nitrogens with one attached hydrogen (secondary N) is 4. The fraction of sp³-hybridized carbons (Fsp3) is 0.286. The number of nitrogens with zero attached hydrogens (tertiary/aromatic N) is 1. The minimum atomic E-state index is -3.31. The second kappa shape index (κ2) is 11.4. The predicted molar refractivity (Wildman–Crippen MR) is 134 cm³/mol. The zero-order valence-electron chi connectivity index (χ0n) is 17.4. The van der Waals surface area contributed by atoms with E-state index < -0.39 is 10.0 Å². The Morgan fingerprint density at radius 3 is 2.65 bits per heavy atom. The normalized spacial score (nSPS) is 11.9. The smallest absolute Gasteiger partial charge is 0.215 e. The molecule has 1 aromatic heterocycles. The van der Waals surface area contributed by atoms with Crippen LogP contribution in [0.25, 0.3) is 10.9 Å². The molecule has 1 heterocycles. The number of guanidine groups is 1. The minimum absolute atomic E-state index is 0. The third kappa shape index (κ3) is 7.18. The fourth-order valence-corrected chi connectivity index (χ4v) is 3.96. The molecule has 168 valence electrons. The van der Waals surface area contributed by atoms with E-state index in [0.29, 0.717) is 25.5 Å². The summed E-state index contributed by atoms with van der Waals surface area (Å²) in [6, 6.07) is 12.1. The molecule has 0 unspecified atom stereocenters. The molecule has 0 aliphatic carbocycles. The zero-order chi connectivity index (χ0) is 21.6. The van der Waals surface area contributed by atoms with Crippen molar-refractivity contribution in [3.8, 4) is 0 Å². The molecule has 31 heavy (non-hydrogen) atoms. The first-order valence-corrected chi connectivity index (χ1v) is 11.2. The second-order valence-corrected chi connectivity index (χ2v) is 8.82. The van der Waals surface area contributed by atoms with E-state index >= 15 is 0 Å². The molecule has 3 aromatic rings. The topological polar surface area (TPSA) is 98.4 Å². The summed E-state index contributed by atoms with van der Waals surface area (Å²) < 4.78 is 39.3. The van der Waals surface area contributed by atoms with Gasteiger partial charge in [-0.3, -0.25) is 4.99 Å². The lowest BCUT2D eigenvalue weighted by molar-refractivity contribution is 0.587. The predicted octanol–water partition coefficient (Wildman–Crippen LogP) is 2.88. The molecule has 0 fully saturated rings. The quantitative estimate of drug-likeness (QED) is 0.194. The van der Waals surface area contributed by atoms with Crippen molar-refractivity contribution < 1.29 is 12.8 Å². The summed E-state index contributed by atoms with van der Waals surface area (Å²) in [5, 5.41) is 7.35. The maximum absolute atomic E-state index is 13.5. The Morgan fingerprint density at radius 1 is 1.13 bits per heavy atom. The van der Waals surface area contributed by atoms with Gasteiger partial charge in [0.1, 0.15) is 5.82 Å². The lowest BCUT2D eigenvalue weighted by Gasteiger charge is -2.12. The van der Waals surface area contributed by atoms with Gasteiger partial charge in [-0.2, -0.15) is 0 Å². The molecule has 2 aromatic carbocycles. The Bertz CT molecular complexity index is 1150. The highest BCUT2D eigenvalue weighted by molar-refractivity contribution is 14.0. The van der Waals surface area contributed by atoms with Crippen LogP contribution in [0.3, 0.4) is 0 Å². The van der Waals surface area contributed by atoms with E-state index in [1.54, 1.807) is 19.2 Å². The average Bonchev–Trinajstić information content (AvgIpc) is 3.12. The van der Waals surface area contributed by atoms with Crippen LogP contribution in [-0.4, -0.2) is 40.0 Å². The number of aliphatic imine (C=N–C) groups is 1. The first-order valence-electron chi connectivity index (χ1n) is 9.59. The first-order chi connectivity index (χ1) is 14.4. The number of hydrogen-bond donors (Lipinski definition) is 4. The average molecular weight is 559 g/mol. The van der Waals surface area contributed by atoms with Gasteiger partial charge in [0.15, 0.2) is 5.96 Å². The monoisotopic (exact) mass is 559 g/mol. The molecule has 0 bridgehead atoms. The van der Waals surface area contributed by atoms with Gasteiger partial charge in [-0.25, -0.2) is 17.5 Å². The van der Waals surface area contributed by atoms with E-state index in [1.165, 1.54) is 19.2 Å². The molecule has 10 heteroatoms. The molecule has 7 nitrogen and oxygen atoms in total. The van der Waals surface area contributed by atoms with E-state index in [0.717, 1.165) is 27.6 Å². The molecule has 0 atom stereocenters. The molecule has 0 radical (unpaired) electrons. The summed E-state index contributed by atoms with van der Waals surface area (Å²) in [5.41, 5.74) is 3.62. The molecule has 0 aliphatic rings. The largest absolute Gasteiger partial charge is 0.361 e. The third-order valence-electron chi connectivity index (χ3n) is 4.76. The number of aromatic nitrogens is 1. The standard InChI is InChI=1S/C21H26FN5O2S.HI/c1-23-21(25-9-8-17-13-26-20-7-6-18(22)11-19(17)20)27-12-15-4-3-5-16(10-15)14-30(28,29)24-2;/h3-7,10-11,13,24,26H,8-9,12,14H2,1-2H3,(H2,23,25,27);1H. The van der Waals surface area contributed by atoms with E-state index in [1.807, 2.05) is 24.4 Å². The van der Waals surface area contributed by atoms with Crippen LogP contribution in [0.5, 0.6) is 0 Å². The molecular weight excluding hydrogens is 532 g/mol. The molecule has 4 N–H and O–H groups in total. The van der Waals surface area contributed by atoms with Crippen LogP contribution in [0.15, 0.2) is 53.7 Å². The van der Waals surface area contributed by atoms with Gasteiger partial charge in [-0.1, -0.05) is 24.3 Å². The molecular formula is C21H27FIN5O2S. The summed E-state index contributed by atoms with van der Waals surface area (Å²) in [5.74, 6) is 0.322.